The van der Waals surface area contributed by atoms with Crippen molar-refractivity contribution in [3.05, 3.63) is 95.8 Å². The summed E-state index contributed by atoms with van der Waals surface area (Å²) in [7, 11) is 0. The normalized spacial score (nSPS) is 16.2. The summed E-state index contributed by atoms with van der Waals surface area (Å²) in [5.41, 5.74) is 1.31. The number of fused-ring (bicyclic) bond motifs is 1. The van der Waals surface area contributed by atoms with Gasteiger partial charge < -0.3 is 9.47 Å². The zero-order valence-electron chi connectivity index (χ0n) is 18.6. The molecule has 32 heavy (non-hydrogen) atoms. The molecule has 5 heteroatoms. The minimum atomic E-state index is -0.707. The number of hydrogen-bond acceptors (Lipinski definition) is 4. The van der Waals surface area contributed by atoms with Gasteiger partial charge in [0.1, 0.15) is 24.0 Å². The summed E-state index contributed by atoms with van der Waals surface area (Å²) in [6, 6.07) is 23.3. The lowest BCUT2D eigenvalue weighted by molar-refractivity contribution is -0.125. The first-order valence-corrected chi connectivity index (χ1v) is 10.7. The number of nitrogens with zero attached hydrogens (tertiary/aromatic N) is 1. The van der Waals surface area contributed by atoms with Crippen molar-refractivity contribution in [2.75, 3.05) is 0 Å². The van der Waals surface area contributed by atoms with Crippen molar-refractivity contribution in [3.8, 4) is 0 Å². The maximum atomic E-state index is 12.9. The molecule has 0 aliphatic carbocycles. The van der Waals surface area contributed by atoms with Crippen molar-refractivity contribution in [1.29, 1.82) is 0 Å². The molecule has 0 saturated carbocycles. The molecule has 1 aliphatic heterocycles. The van der Waals surface area contributed by atoms with E-state index in [0.29, 0.717) is 18.8 Å². The zero-order chi connectivity index (χ0) is 22.7. The Kier molecular flexibility index (Phi) is 5.99. The fourth-order valence-electron chi connectivity index (χ4n) is 3.84. The van der Waals surface area contributed by atoms with Gasteiger partial charge in [0, 0.05) is 12.5 Å². The molecule has 1 heterocycles. The standard InChI is InChI=1S/C27H27NO4/c1-27(2,3)32-26(30)28-23(16-19-10-5-4-6-11-19)24(17-25(28)29)31-18-21-14-9-13-20-12-7-8-15-22(20)21/h4-15,17,23H,16,18H2,1-3H3. The highest BCUT2D eigenvalue weighted by Gasteiger charge is 2.41. The van der Waals surface area contributed by atoms with Crippen LogP contribution >= 0.6 is 0 Å². The Hall–Kier alpha value is -3.60. The van der Waals surface area contributed by atoms with Crippen LogP contribution in [0.25, 0.3) is 10.8 Å². The van der Waals surface area contributed by atoms with E-state index in [2.05, 4.69) is 18.2 Å². The van der Waals surface area contributed by atoms with Gasteiger partial charge in [0.15, 0.2) is 0 Å². The number of carbonyl (C=O) groups is 2. The molecule has 164 valence electrons. The Labute approximate surface area is 188 Å². The Morgan fingerprint density at radius 1 is 0.938 bits per heavy atom. The average molecular weight is 430 g/mol. The molecule has 0 radical (unpaired) electrons. The summed E-state index contributed by atoms with van der Waals surface area (Å²) in [5, 5.41) is 2.23. The van der Waals surface area contributed by atoms with E-state index in [1.165, 1.54) is 6.08 Å². The summed E-state index contributed by atoms with van der Waals surface area (Å²) in [6.07, 6.45) is 1.19. The first-order chi connectivity index (χ1) is 15.3. The quantitative estimate of drug-likeness (QED) is 0.528. The topological polar surface area (TPSA) is 55.8 Å². The second-order valence-electron chi connectivity index (χ2n) is 8.87. The van der Waals surface area contributed by atoms with E-state index in [1.807, 2.05) is 54.6 Å². The van der Waals surface area contributed by atoms with Gasteiger partial charge in [0.2, 0.25) is 0 Å². The SMILES string of the molecule is CC(C)(C)OC(=O)N1C(=O)C=C(OCc2cccc3ccccc23)C1Cc1ccccc1. The molecule has 1 aliphatic rings. The van der Waals surface area contributed by atoms with E-state index in [0.717, 1.165) is 26.8 Å². The number of hydrogen-bond donors (Lipinski definition) is 0. The zero-order valence-corrected chi connectivity index (χ0v) is 18.6. The first-order valence-electron chi connectivity index (χ1n) is 10.7. The van der Waals surface area contributed by atoms with Crippen LogP contribution < -0.4 is 0 Å². The summed E-state index contributed by atoms with van der Waals surface area (Å²) in [4.78, 5) is 26.8. The molecular formula is C27H27NO4. The fourth-order valence-corrected chi connectivity index (χ4v) is 3.84. The number of rotatable bonds is 5. The van der Waals surface area contributed by atoms with Crippen LogP contribution in [0.15, 0.2) is 84.6 Å². The van der Waals surface area contributed by atoms with Crippen LogP contribution in [0.2, 0.25) is 0 Å². The molecular weight excluding hydrogens is 402 g/mol. The smallest absolute Gasteiger partial charge is 0.418 e. The summed E-state index contributed by atoms with van der Waals surface area (Å²) < 4.78 is 11.7. The number of amides is 2. The molecule has 5 nitrogen and oxygen atoms in total. The lowest BCUT2D eigenvalue weighted by atomic mass is 10.0. The van der Waals surface area contributed by atoms with E-state index >= 15 is 0 Å². The maximum absolute atomic E-state index is 12.9. The third-order valence-electron chi connectivity index (χ3n) is 5.28. The highest BCUT2D eigenvalue weighted by Crippen LogP contribution is 2.28. The van der Waals surface area contributed by atoms with Gasteiger partial charge in [0.25, 0.3) is 5.91 Å². The maximum Gasteiger partial charge on any atom is 0.418 e. The van der Waals surface area contributed by atoms with Crippen LogP contribution in [0.5, 0.6) is 0 Å². The Balaban J connectivity index is 1.59. The van der Waals surface area contributed by atoms with E-state index < -0.39 is 23.6 Å². The van der Waals surface area contributed by atoms with E-state index in [9.17, 15) is 9.59 Å². The minimum absolute atomic E-state index is 0.300. The van der Waals surface area contributed by atoms with Gasteiger partial charge in [0.05, 0.1) is 0 Å². The van der Waals surface area contributed by atoms with E-state index in [4.69, 9.17) is 9.47 Å². The lowest BCUT2D eigenvalue weighted by Crippen LogP contribution is -2.44. The highest BCUT2D eigenvalue weighted by atomic mass is 16.6. The van der Waals surface area contributed by atoms with Gasteiger partial charge in [-0.3, -0.25) is 4.79 Å². The average Bonchev–Trinajstić information content (AvgIpc) is 3.06. The van der Waals surface area contributed by atoms with Crippen molar-refractivity contribution in [3.63, 3.8) is 0 Å². The molecule has 0 saturated heterocycles. The van der Waals surface area contributed by atoms with Gasteiger partial charge >= 0.3 is 6.09 Å². The van der Waals surface area contributed by atoms with Crippen LogP contribution in [0.4, 0.5) is 4.79 Å². The molecule has 4 rings (SSSR count). The summed E-state index contributed by atoms with van der Waals surface area (Å²) in [6.45, 7) is 5.64. The predicted octanol–water partition coefficient (Wildman–Crippen LogP) is 5.63. The fraction of sp³-hybridized carbons (Fsp3) is 0.259. The highest BCUT2D eigenvalue weighted by molar-refractivity contribution is 6.02. The van der Waals surface area contributed by atoms with Crippen molar-refractivity contribution < 1.29 is 19.1 Å². The third-order valence-corrected chi connectivity index (χ3v) is 5.28. The van der Waals surface area contributed by atoms with Gasteiger partial charge in [-0.25, -0.2) is 9.69 Å². The van der Waals surface area contributed by atoms with Crippen molar-refractivity contribution in [2.24, 2.45) is 0 Å². The lowest BCUT2D eigenvalue weighted by Gasteiger charge is -2.28. The van der Waals surface area contributed by atoms with Gasteiger partial charge in [-0.2, -0.15) is 0 Å². The number of imide groups is 1. The molecule has 3 aromatic carbocycles. The summed E-state index contributed by atoms with van der Waals surface area (Å²) in [5.74, 6) is 0.0470. The number of carbonyl (C=O) groups excluding carboxylic acids is 2. The first kappa shape index (κ1) is 21.6. The molecule has 0 bridgehead atoms. The van der Waals surface area contributed by atoms with Gasteiger partial charge in [-0.15, -0.1) is 0 Å². The van der Waals surface area contributed by atoms with Crippen molar-refractivity contribution >= 4 is 22.8 Å². The van der Waals surface area contributed by atoms with Crippen LogP contribution in [-0.2, 0) is 27.3 Å². The van der Waals surface area contributed by atoms with Gasteiger partial charge in [-0.05, 0) is 42.7 Å². The van der Waals surface area contributed by atoms with E-state index in [1.54, 1.807) is 20.8 Å². The van der Waals surface area contributed by atoms with Crippen LogP contribution in [0, 0.1) is 0 Å². The van der Waals surface area contributed by atoms with E-state index in [-0.39, 0.29) is 0 Å². The number of benzene rings is 3. The molecule has 0 N–H and O–H groups in total. The predicted molar refractivity (Wildman–Crippen MR) is 124 cm³/mol. The second kappa shape index (κ2) is 8.87. The largest absolute Gasteiger partial charge is 0.491 e. The second-order valence-corrected chi connectivity index (χ2v) is 8.87. The molecule has 3 aromatic rings. The molecule has 2 amide bonds. The number of ether oxygens (including phenoxy) is 2. The van der Waals surface area contributed by atoms with Gasteiger partial charge in [-0.1, -0.05) is 72.8 Å². The Morgan fingerprint density at radius 2 is 1.62 bits per heavy atom. The minimum Gasteiger partial charge on any atom is -0.491 e. The molecule has 0 fully saturated rings. The van der Waals surface area contributed by atoms with Crippen molar-refractivity contribution in [1.82, 2.24) is 4.90 Å². The molecule has 0 aromatic heterocycles. The Bertz CT molecular complexity index is 1160. The van der Waals surface area contributed by atoms with Crippen molar-refractivity contribution in [2.45, 2.75) is 45.4 Å². The monoisotopic (exact) mass is 429 g/mol. The Morgan fingerprint density at radius 3 is 2.38 bits per heavy atom. The molecule has 1 unspecified atom stereocenters. The van der Waals surface area contributed by atoms with Crippen LogP contribution in [0.1, 0.15) is 31.9 Å². The molecule has 1 atom stereocenters. The van der Waals surface area contributed by atoms with Crippen LogP contribution in [-0.4, -0.2) is 28.5 Å². The third kappa shape index (κ3) is 4.83. The van der Waals surface area contributed by atoms with Crippen LogP contribution in [0.3, 0.4) is 0 Å². The molecule has 0 spiro atoms. The summed E-state index contributed by atoms with van der Waals surface area (Å²) >= 11 is 0.